The largest absolute Gasteiger partial charge is 0.508 e. The number of hydrogen-bond acceptors (Lipinski definition) is 2. The number of aromatic hydroxyl groups is 1. The zero-order valence-corrected chi connectivity index (χ0v) is 12.5. The van der Waals surface area contributed by atoms with Crippen molar-refractivity contribution in [2.75, 3.05) is 13.1 Å². The molecular formula is C19H21NO. The van der Waals surface area contributed by atoms with Crippen LogP contribution in [-0.2, 0) is 12.8 Å². The molecule has 1 N–H and O–H groups in total. The van der Waals surface area contributed by atoms with E-state index in [1.165, 1.54) is 28.7 Å². The lowest BCUT2D eigenvalue weighted by atomic mass is 9.77. The van der Waals surface area contributed by atoms with Gasteiger partial charge in [0.25, 0.3) is 0 Å². The summed E-state index contributed by atoms with van der Waals surface area (Å²) >= 11 is 0. The van der Waals surface area contributed by atoms with Gasteiger partial charge in [-0.2, -0.15) is 0 Å². The molecule has 2 aromatic rings. The second-order valence-corrected chi connectivity index (χ2v) is 6.19. The van der Waals surface area contributed by atoms with Gasteiger partial charge < -0.3 is 5.11 Å². The van der Waals surface area contributed by atoms with Crippen LogP contribution in [-0.4, -0.2) is 23.1 Å². The zero-order valence-electron chi connectivity index (χ0n) is 12.5. The average molecular weight is 279 g/mol. The van der Waals surface area contributed by atoms with Gasteiger partial charge in [0, 0.05) is 18.2 Å². The lowest BCUT2D eigenvalue weighted by Crippen LogP contribution is -2.38. The van der Waals surface area contributed by atoms with Crippen molar-refractivity contribution in [3.05, 3.63) is 53.1 Å². The third-order valence-electron chi connectivity index (χ3n) is 4.99. The Labute approximate surface area is 126 Å². The Balaban J connectivity index is 1.93. The van der Waals surface area contributed by atoms with Crippen molar-refractivity contribution in [3.63, 3.8) is 0 Å². The van der Waals surface area contributed by atoms with Crippen molar-refractivity contribution in [1.82, 2.24) is 4.90 Å². The quantitative estimate of drug-likeness (QED) is 0.900. The fourth-order valence-electron chi connectivity index (χ4n) is 4.08. The van der Waals surface area contributed by atoms with Gasteiger partial charge in [-0.1, -0.05) is 37.3 Å². The first-order valence-corrected chi connectivity index (χ1v) is 7.96. The van der Waals surface area contributed by atoms with E-state index in [0.29, 0.717) is 11.8 Å². The van der Waals surface area contributed by atoms with Crippen LogP contribution in [0.1, 0.15) is 36.1 Å². The second kappa shape index (κ2) is 4.88. The molecule has 2 heteroatoms. The number of rotatable bonds is 2. The van der Waals surface area contributed by atoms with Gasteiger partial charge in [-0.15, -0.1) is 0 Å². The number of nitrogens with zero attached hydrogens (tertiary/aromatic N) is 1. The summed E-state index contributed by atoms with van der Waals surface area (Å²) in [7, 11) is 0. The third-order valence-corrected chi connectivity index (χ3v) is 4.99. The van der Waals surface area contributed by atoms with Crippen LogP contribution in [0.25, 0.3) is 11.1 Å². The van der Waals surface area contributed by atoms with E-state index < -0.39 is 0 Å². The topological polar surface area (TPSA) is 23.5 Å². The number of phenolic OH excluding ortho intramolecular Hbond substituents is 1. The predicted molar refractivity (Wildman–Crippen MR) is 85.6 cm³/mol. The summed E-state index contributed by atoms with van der Waals surface area (Å²) in [6.45, 7) is 4.52. The molecule has 1 atom stereocenters. The van der Waals surface area contributed by atoms with Crippen LogP contribution in [0.5, 0.6) is 5.75 Å². The molecule has 4 rings (SSSR count). The number of phenols is 1. The fraction of sp³-hybridized carbons (Fsp3) is 0.368. The molecule has 1 heterocycles. The molecule has 0 saturated heterocycles. The highest BCUT2D eigenvalue weighted by molar-refractivity contribution is 5.77. The van der Waals surface area contributed by atoms with Crippen molar-refractivity contribution >= 4 is 0 Å². The molecule has 2 nitrogen and oxygen atoms in total. The van der Waals surface area contributed by atoms with Crippen LogP contribution in [0.2, 0.25) is 0 Å². The summed E-state index contributed by atoms with van der Waals surface area (Å²) in [5.41, 5.74) is 6.68. The second-order valence-electron chi connectivity index (χ2n) is 6.19. The summed E-state index contributed by atoms with van der Waals surface area (Å²) in [4.78, 5) is 2.60. The lowest BCUT2D eigenvalue weighted by Gasteiger charge is -2.41. The summed E-state index contributed by atoms with van der Waals surface area (Å²) in [6.07, 6.45) is 3.27. The Kier molecular flexibility index (Phi) is 3.00. The van der Waals surface area contributed by atoms with Crippen molar-refractivity contribution < 1.29 is 5.11 Å². The molecule has 0 spiro atoms. The van der Waals surface area contributed by atoms with E-state index in [2.05, 4.69) is 36.1 Å². The standard InChI is InChI=1S/C19H21NO/c1-2-10-20-11-9-13-5-3-7-15-14-6-4-8-18(21)16(14)12-17(20)19(13)15/h3-8,17,21H,2,9-12H2,1H3/t17-/m1/s1. The van der Waals surface area contributed by atoms with Crippen molar-refractivity contribution in [2.24, 2.45) is 0 Å². The fourth-order valence-corrected chi connectivity index (χ4v) is 4.08. The smallest absolute Gasteiger partial charge is 0.119 e. The van der Waals surface area contributed by atoms with Gasteiger partial charge in [-0.25, -0.2) is 0 Å². The maximum absolute atomic E-state index is 10.3. The van der Waals surface area contributed by atoms with Crippen LogP contribution in [0.15, 0.2) is 36.4 Å². The summed E-state index contributed by atoms with van der Waals surface area (Å²) in [6, 6.07) is 13.0. The number of fused-ring (bicyclic) bond motifs is 2. The molecule has 0 radical (unpaired) electrons. The van der Waals surface area contributed by atoms with E-state index in [0.717, 1.165) is 31.5 Å². The first kappa shape index (κ1) is 12.9. The molecule has 0 bridgehead atoms. The summed E-state index contributed by atoms with van der Waals surface area (Å²) in [5, 5.41) is 10.3. The maximum atomic E-state index is 10.3. The van der Waals surface area contributed by atoms with E-state index in [9.17, 15) is 5.11 Å². The van der Waals surface area contributed by atoms with Gasteiger partial charge in [-0.05, 0) is 54.1 Å². The molecule has 1 aliphatic heterocycles. The molecule has 0 unspecified atom stereocenters. The van der Waals surface area contributed by atoms with Gasteiger partial charge in [-0.3, -0.25) is 4.90 Å². The Morgan fingerprint density at radius 2 is 1.95 bits per heavy atom. The molecule has 0 saturated carbocycles. The number of benzene rings is 2. The Morgan fingerprint density at radius 1 is 1.14 bits per heavy atom. The highest BCUT2D eigenvalue weighted by Gasteiger charge is 2.34. The van der Waals surface area contributed by atoms with E-state index >= 15 is 0 Å². The van der Waals surface area contributed by atoms with E-state index in [-0.39, 0.29) is 0 Å². The van der Waals surface area contributed by atoms with Crippen LogP contribution in [0, 0.1) is 0 Å². The molecule has 2 aromatic carbocycles. The van der Waals surface area contributed by atoms with E-state index in [1.807, 2.05) is 12.1 Å². The molecule has 21 heavy (non-hydrogen) atoms. The normalized spacial score (nSPS) is 20.0. The van der Waals surface area contributed by atoms with E-state index in [4.69, 9.17) is 0 Å². The summed E-state index contributed by atoms with van der Waals surface area (Å²) in [5.74, 6) is 0.450. The van der Waals surface area contributed by atoms with Crippen LogP contribution < -0.4 is 0 Å². The van der Waals surface area contributed by atoms with Crippen molar-refractivity contribution in [3.8, 4) is 16.9 Å². The first-order chi connectivity index (χ1) is 10.3. The lowest BCUT2D eigenvalue weighted by molar-refractivity contribution is 0.182. The van der Waals surface area contributed by atoms with E-state index in [1.54, 1.807) is 0 Å². The predicted octanol–water partition coefficient (Wildman–Crippen LogP) is 3.92. The minimum atomic E-state index is 0.436. The molecule has 2 aliphatic rings. The molecule has 0 fully saturated rings. The summed E-state index contributed by atoms with van der Waals surface area (Å²) < 4.78 is 0. The van der Waals surface area contributed by atoms with Gasteiger partial charge in [0.05, 0.1) is 0 Å². The maximum Gasteiger partial charge on any atom is 0.119 e. The highest BCUT2D eigenvalue weighted by atomic mass is 16.3. The van der Waals surface area contributed by atoms with Gasteiger partial charge in [0.1, 0.15) is 5.75 Å². The Morgan fingerprint density at radius 3 is 2.81 bits per heavy atom. The van der Waals surface area contributed by atoms with Gasteiger partial charge in [0.15, 0.2) is 0 Å². The average Bonchev–Trinajstić information content (AvgIpc) is 2.51. The highest BCUT2D eigenvalue weighted by Crippen LogP contribution is 2.47. The minimum Gasteiger partial charge on any atom is -0.508 e. The first-order valence-electron chi connectivity index (χ1n) is 7.96. The Hall–Kier alpha value is -1.80. The molecular weight excluding hydrogens is 258 g/mol. The van der Waals surface area contributed by atoms with Crippen LogP contribution in [0.4, 0.5) is 0 Å². The number of hydrogen-bond donors (Lipinski definition) is 1. The third kappa shape index (κ3) is 1.90. The van der Waals surface area contributed by atoms with Crippen molar-refractivity contribution in [2.45, 2.75) is 32.2 Å². The van der Waals surface area contributed by atoms with Gasteiger partial charge >= 0.3 is 0 Å². The SMILES string of the molecule is CCCN1CCc2cccc3c2[C@H]1Cc1c(O)cccc1-3. The van der Waals surface area contributed by atoms with Crippen LogP contribution in [0.3, 0.4) is 0 Å². The minimum absolute atomic E-state index is 0.436. The Bertz CT molecular complexity index is 692. The monoisotopic (exact) mass is 279 g/mol. The molecule has 0 amide bonds. The zero-order chi connectivity index (χ0) is 14.4. The molecule has 108 valence electrons. The molecule has 1 aliphatic carbocycles. The van der Waals surface area contributed by atoms with Gasteiger partial charge in [0.2, 0.25) is 0 Å². The van der Waals surface area contributed by atoms with Crippen LogP contribution >= 0.6 is 0 Å². The van der Waals surface area contributed by atoms with Crippen molar-refractivity contribution in [1.29, 1.82) is 0 Å². The molecule has 0 aromatic heterocycles.